The van der Waals surface area contributed by atoms with Crippen molar-refractivity contribution in [2.24, 2.45) is 7.05 Å². The van der Waals surface area contributed by atoms with Gasteiger partial charge in [0.05, 0.1) is 5.69 Å². The molecule has 0 atom stereocenters. The van der Waals surface area contributed by atoms with Crippen LogP contribution in [0.4, 0.5) is 0 Å². The van der Waals surface area contributed by atoms with E-state index in [1.54, 1.807) is 16.8 Å². The van der Waals surface area contributed by atoms with Gasteiger partial charge in [-0.2, -0.15) is 5.10 Å². The number of hydrogen-bond acceptors (Lipinski definition) is 4. The normalized spacial score (nSPS) is 10.9. The molecule has 0 aliphatic carbocycles. The van der Waals surface area contributed by atoms with Crippen molar-refractivity contribution in [3.8, 4) is 5.75 Å². The zero-order valence-corrected chi connectivity index (χ0v) is 11.3. The first-order chi connectivity index (χ1) is 9.65. The zero-order chi connectivity index (χ0) is 14.1. The molecule has 0 unspecified atom stereocenters. The second-order valence-electron chi connectivity index (χ2n) is 4.59. The van der Waals surface area contributed by atoms with Gasteiger partial charge in [0.25, 0.3) is 0 Å². The Kier molecular flexibility index (Phi) is 2.98. The number of aromatic nitrogens is 4. The van der Waals surface area contributed by atoms with E-state index in [4.69, 9.17) is 4.74 Å². The number of fused-ring (bicyclic) bond motifs is 1. The summed E-state index contributed by atoms with van der Waals surface area (Å²) < 4.78 is 9.16. The maximum absolute atomic E-state index is 11.9. The molecule has 3 aromatic heterocycles. The second-order valence-corrected chi connectivity index (χ2v) is 4.59. The Balaban J connectivity index is 1.88. The maximum atomic E-state index is 11.9. The van der Waals surface area contributed by atoms with Gasteiger partial charge in [0.15, 0.2) is 11.4 Å². The van der Waals surface area contributed by atoms with Crippen molar-refractivity contribution in [2.45, 2.75) is 13.5 Å². The van der Waals surface area contributed by atoms with Crippen LogP contribution in [-0.4, -0.2) is 19.2 Å². The first-order valence-electron chi connectivity index (χ1n) is 6.23. The predicted octanol–water partition coefficient (Wildman–Crippen LogP) is 1.32. The number of nitrogens with zero attached hydrogens (tertiary/aromatic N) is 4. The molecule has 3 rings (SSSR count). The summed E-state index contributed by atoms with van der Waals surface area (Å²) in [5.41, 5.74) is 2.36. The van der Waals surface area contributed by atoms with Gasteiger partial charge in [-0.1, -0.05) is 6.07 Å². The van der Waals surface area contributed by atoms with Crippen molar-refractivity contribution < 1.29 is 4.74 Å². The van der Waals surface area contributed by atoms with Crippen LogP contribution < -0.4 is 10.2 Å². The van der Waals surface area contributed by atoms with Crippen LogP contribution in [0.15, 0.2) is 41.6 Å². The summed E-state index contributed by atoms with van der Waals surface area (Å²) >= 11 is 0. The van der Waals surface area contributed by atoms with Crippen LogP contribution in [0.3, 0.4) is 0 Å². The van der Waals surface area contributed by atoms with E-state index in [9.17, 15) is 4.79 Å². The fourth-order valence-electron chi connectivity index (χ4n) is 1.97. The highest BCUT2D eigenvalue weighted by Gasteiger charge is 2.06. The van der Waals surface area contributed by atoms with Crippen LogP contribution in [-0.2, 0) is 13.7 Å². The minimum atomic E-state index is -0.119. The highest BCUT2D eigenvalue weighted by Crippen LogP contribution is 2.09. The highest BCUT2D eigenvalue weighted by atomic mass is 16.5. The molecule has 0 radical (unpaired) electrons. The van der Waals surface area contributed by atoms with E-state index in [1.165, 1.54) is 6.33 Å². The van der Waals surface area contributed by atoms with Crippen molar-refractivity contribution in [1.29, 1.82) is 0 Å². The van der Waals surface area contributed by atoms with Crippen LogP contribution in [0, 0.1) is 6.92 Å². The number of aryl methyl sites for hydroxylation is 2. The zero-order valence-electron chi connectivity index (χ0n) is 11.3. The molecule has 3 aromatic rings. The number of ether oxygens (including phenoxy) is 1. The van der Waals surface area contributed by atoms with Crippen molar-refractivity contribution in [1.82, 2.24) is 19.2 Å². The molecule has 0 saturated carbocycles. The smallest absolute Gasteiger partial charge is 0.223 e. The van der Waals surface area contributed by atoms with Gasteiger partial charge in [-0.05, 0) is 19.1 Å². The van der Waals surface area contributed by atoms with Gasteiger partial charge in [-0.15, -0.1) is 0 Å². The maximum Gasteiger partial charge on any atom is 0.223 e. The summed E-state index contributed by atoms with van der Waals surface area (Å²) in [5, 5.41) is 4.13. The van der Waals surface area contributed by atoms with E-state index in [-0.39, 0.29) is 12.0 Å². The minimum Gasteiger partial charge on any atom is -0.482 e. The number of rotatable bonds is 3. The molecule has 0 amide bonds. The Hall–Kier alpha value is -2.63. The minimum absolute atomic E-state index is 0.119. The van der Waals surface area contributed by atoms with Gasteiger partial charge in [-0.25, -0.2) is 9.50 Å². The standard InChI is InChI=1S/C14H14N4O2/c1-10-6-12(19)13(7-17(10)2)20-8-11-4-3-5-14-15-9-16-18(11)14/h3-7,9H,8H2,1-2H3. The quantitative estimate of drug-likeness (QED) is 0.720. The van der Waals surface area contributed by atoms with Gasteiger partial charge in [-0.3, -0.25) is 4.79 Å². The first kappa shape index (κ1) is 12.4. The third-order valence-corrected chi connectivity index (χ3v) is 3.21. The number of pyridine rings is 2. The average Bonchev–Trinajstić information content (AvgIpc) is 2.90. The molecule has 3 heterocycles. The fraction of sp³-hybridized carbons (Fsp3) is 0.214. The third kappa shape index (κ3) is 2.16. The summed E-state index contributed by atoms with van der Waals surface area (Å²) in [7, 11) is 1.87. The van der Waals surface area contributed by atoms with E-state index in [2.05, 4.69) is 10.1 Å². The third-order valence-electron chi connectivity index (χ3n) is 3.21. The predicted molar refractivity (Wildman–Crippen MR) is 73.7 cm³/mol. The van der Waals surface area contributed by atoms with Gasteiger partial charge in [0.2, 0.25) is 5.43 Å². The van der Waals surface area contributed by atoms with Crippen molar-refractivity contribution in [3.63, 3.8) is 0 Å². The fourth-order valence-corrected chi connectivity index (χ4v) is 1.97. The second kappa shape index (κ2) is 4.80. The summed E-state index contributed by atoms with van der Waals surface area (Å²) in [6.07, 6.45) is 3.18. The first-order valence-corrected chi connectivity index (χ1v) is 6.23. The Labute approximate surface area is 115 Å². The molecular formula is C14H14N4O2. The van der Waals surface area contributed by atoms with Gasteiger partial charge < -0.3 is 9.30 Å². The van der Waals surface area contributed by atoms with Gasteiger partial charge in [0.1, 0.15) is 12.9 Å². The molecule has 0 aliphatic rings. The van der Waals surface area contributed by atoms with E-state index in [0.717, 1.165) is 17.0 Å². The molecule has 6 nitrogen and oxygen atoms in total. The molecule has 0 aliphatic heterocycles. The molecule has 0 bridgehead atoms. The number of hydrogen-bond donors (Lipinski definition) is 0. The molecule has 102 valence electrons. The molecule has 0 saturated heterocycles. The van der Waals surface area contributed by atoms with Crippen LogP contribution >= 0.6 is 0 Å². The molecule has 20 heavy (non-hydrogen) atoms. The van der Waals surface area contributed by atoms with E-state index in [1.807, 2.05) is 36.7 Å². The monoisotopic (exact) mass is 270 g/mol. The lowest BCUT2D eigenvalue weighted by molar-refractivity contribution is 0.292. The summed E-state index contributed by atoms with van der Waals surface area (Å²) in [5.74, 6) is 0.329. The largest absolute Gasteiger partial charge is 0.482 e. The Morgan fingerprint density at radius 3 is 3.05 bits per heavy atom. The molecule has 0 spiro atoms. The van der Waals surface area contributed by atoms with E-state index in [0.29, 0.717) is 5.75 Å². The van der Waals surface area contributed by atoms with E-state index >= 15 is 0 Å². The van der Waals surface area contributed by atoms with Crippen LogP contribution in [0.5, 0.6) is 5.75 Å². The molecular weight excluding hydrogens is 256 g/mol. The Morgan fingerprint density at radius 1 is 1.35 bits per heavy atom. The Bertz CT molecular complexity index is 819. The molecule has 0 fully saturated rings. The summed E-state index contributed by atoms with van der Waals surface area (Å²) in [4.78, 5) is 16.0. The van der Waals surface area contributed by atoms with Gasteiger partial charge >= 0.3 is 0 Å². The van der Waals surface area contributed by atoms with E-state index < -0.39 is 0 Å². The molecule has 6 heteroatoms. The lowest BCUT2D eigenvalue weighted by Gasteiger charge is -2.09. The average molecular weight is 270 g/mol. The van der Waals surface area contributed by atoms with Gasteiger partial charge in [0, 0.05) is 25.0 Å². The van der Waals surface area contributed by atoms with Crippen LogP contribution in [0.2, 0.25) is 0 Å². The Morgan fingerprint density at radius 2 is 2.20 bits per heavy atom. The topological polar surface area (TPSA) is 61.4 Å². The lowest BCUT2D eigenvalue weighted by atomic mass is 10.3. The molecule has 0 aromatic carbocycles. The summed E-state index contributed by atoms with van der Waals surface area (Å²) in [6, 6.07) is 7.20. The lowest BCUT2D eigenvalue weighted by Crippen LogP contribution is -2.13. The van der Waals surface area contributed by atoms with Crippen LogP contribution in [0.1, 0.15) is 11.4 Å². The highest BCUT2D eigenvalue weighted by molar-refractivity contribution is 5.37. The van der Waals surface area contributed by atoms with Crippen LogP contribution in [0.25, 0.3) is 5.65 Å². The van der Waals surface area contributed by atoms with Crippen molar-refractivity contribution >= 4 is 5.65 Å². The SMILES string of the molecule is Cc1cc(=O)c(OCc2cccc3ncnn23)cn1C. The van der Waals surface area contributed by atoms with Crippen molar-refractivity contribution in [2.75, 3.05) is 0 Å². The van der Waals surface area contributed by atoms with Crippen molar-refractivity contribution in [3.05, 3.63) is 58.4 Å². The summed E-state index contributed by atoms with van der Waals surface area (Å²) in [6.45, 7) is 2.14. The molecule has 0 N–H and O–H groups in total.